The highest BCUT2D eigenvalue weighted by Crippen LogP contribution is 2.26. The number of rotatable bonds is 6. The molecule has 0 aliphatic rings. The van der Waals surface area contributed by atoms with Crippen molar-refractivity contribution in [3.63, 3.8) is 0 Å². The van der Waals surface area contributed by atoms with E-state index in [2.05, 4.69) is 48.1 Å². The molecule has 2 unspecified atom stereocenters. The van der Waals surface area contributed by atoms with Crippen molar-refractivity contribution in [1.82, 2.24) is 5.32 Å². The van der Waals surface area contributed by atoms with Crippen LogP contribution >= 0.6 is 27.5 Å². The minimum absolute atomic E-state index is 0.294. The van der Waals surface area contributed by atoms with Crippen molar-refractivity contribution in [2.24, 2.45) is 0 Å². The van der Waals surface area contributed by atoms with Gasteiger partial charge in [-0.15, -0.1) is 0 Å². The Kier molecular flexibility index (Phi) is 6.53. The SMILES string of the molecule is CCCCC(C)NC(C)c1ccc(Br)cc1Cl. The lowest BCUT2D eigenvalue weighted by Gasteiger charge is -2.21. The molecule has 1 rings (SSSR count). The molecule has 0 fully saturated rings. The second kappa shape index (κ2) is 7.40. The zero-order chi connectivity index (χ0) is 12.8. The van der Waals surface area contributed by atoms with Gasteiger partial charge in [-0.25, -0.2) is 0 Å². The van der Waals surface area contributed by atoms with Crippen LogP contribution in [0.15, 0.2) is 22.7 Å². The zero-order valence-electron chi connectivity index (χ0n) is 10.8. The fourth-order valence-electron chi connectivity index (χ4n) is 1.96. The van der Waals surface area contributed by atoms with Gasteiger partial charge in [0.2, 0.25) is 0 Å². The summed E-state index contributed by atoms with van der Waals surface area (Å²) >= 11 is 9.67. The zero-order valence-corrected chi connectivity index (χ0v) is 13.1. The normalized spacial score (nSPS) is 14.6. The van der Waals surface area contributed by atoms with E-state index in [1.54, 1.807) is 0 Å². The maximum absolute atomic E-state index is 6.24. The first kappa shape index (κ1) is 15.0. The molecule has 0 amide bonds. The highest BCUT2D eigenvalue weighted by Gasteiger charge is 2.12. The first-order chi connectivity index (χ1) is 8.04. The van der Waals surface area contributed by atoms with Crippen molar-refractivity contribution < 1.29 is 0 Å². The second-order valence-electron chi connectivity index (χ2n) is 4.60. The van der Waals surface area contributed by atoms with Crippen molar-refractivity contribution in [1.29, 1.82) is 0 Å². The van der Waals surface area contributed by atoms with Crippen LogP contribution in [-0.2, 0) is 0 Å². The van der Waals surface area contributed by atoms with Gasteiger partial charge >= 0.3 is 0 Å². The molecule has 2 atom stereocenters. The van der Waals surface area contributed by atoms with E-state index in [9.17, 15) is 0 Å². The van der Waals surface area contributed by atoms with Crippen LogP contribution in [0.1, 0.15) is 51.6 Å². The van der Waals surface area contributed by atoms with E-state index in [4.69, 9.17) is 11.6 Å². The number of hydrogen-bond acceptors (Lipinski definition) is 1. The smallest absolute Gasteiger partial charge is 0.0464 e. The molecule has 96 valence electrons. The summed E-state index contributed by atoms with van der Waals surface area (Å²) in [6.45, 7) is 6.62. The predicted molar refractivity (Wildman–Crippen MR) is 79.7 cm³/mol. The number of unbranched alkanes of at least 4 members (excludes halogenated alkanes) is 1. The summed E-state index contributed by atoms with van der Waals surface area (Å²) in [7, 11) is 0. The van der Waals surface area contributed by atoms with Gasteiger partial charge < -0.3 is 5.32 Å². The molecule has 1 aromatic carbocycles. The molecule has 0 aliphatic heterocycles. The van der Waals surface area contributed by atoms with Crippen LogP contribution < -0.4 is 5.32 Å². The molecule has 0 aromatic heterocycles. The fraction of sp³-hybridized carbons (Fsp3) is 0.571. The van der Waals surface area contributed by atoms with Crippen LogP contribution in [0.2, 0.25) is 5.02 Å². The highest BCUT2D eigenvalue weighted by molar-refractivity contribution is 9.10. The summed E-state index contributed by atoms with van der Waals surface area (Å²) in [5, 5.41) is 4.41. The lowest BCUT2D eigenvalue weighted by atomic mass is 10.1. The van der Waals surface area contributed by atoms with Gasteiger partial charge in [0.05, 0.1) is 0 Å². The maximum atomic E-state index is 6.24. The number of benzene rings is 1. The van der Waals surface area contributed by atoms with Crippen molar-refractivity contribution in [2.45, 2.75) is 52.1 Å². The third-order valence-corrected chi connectivity index (χ3v) is 3.77. The lowest BCUT2D eigenvalue weighted by molar-refractivity contribution is 0.444. The summed E-state index contributed by atoms with van der Waals surface area (Å²) in [5.74, 6) is 0. The minimum atomic E-state index is 0.294. The average Bonchev–Trinajstić information content (AvgIpc) is 2.26. The average molecular weight is 319 g/mol. The molecular formula is C14H21BrClN. The largest absolute Gasteiger partial charge is 0.308 e. The Morgan fingerprint density at radius 3 is 2.65 bits per heavy atom. The molecule has 1 nitrogen and oxygen atoms in total. The second-order valence-corrected chi connectivity index (χ2v) is 5.92. The van der Waals surface area contributed by atoms with Gasteiger partial charge in [0.25, 0.3) is 0 Å². The van der Waals surface area contributed by atoms with Gasteiger partial charge in [0.1, 0.15) is 0 Å². The summed E-state index contributed by atoms with van der Waals surface area (Å²) < 4.78 is 1.03. The van der Waals surface area contributed by atoms with Crippen LogP contribution in [0, 0.1) is 0 Å². The lowest BCUT2D eigenvalue weighted by Crippen LogP contribution is -2.29. The molecule has 0 spiro atoms. The van der Waals surface area contributed by atoms with E-state index < -0.39 is 0 Å². The van der Waals surface area contributed by atoms with Crippen molar-refractivity contribution in [3.05, 3.63) is 33.3 Å². The van der Waals surface area contributed by atoms with Gasteiger partial charge in [0, 0.05) is 21.6 Å². The Morgan fingerprint density at radius 2 is 2.06 bits per heavy atom. The van der Waals surface area contributed by atoms with Gasteiger partial charge in [-0.1, -0.05) is 53.4 Å². The molecule has 3 heteroatoms. The molecule has 0 saturated carbocycles. The Morgan fingerprint density at radius 1 is 1.35 bits per heavy atom. The molecule has 0 aliphatic carbocycles. The van der Waals surface area contributed by atoms with Gasteiger partial charge in [-0.3, -0.25) is 0 Å². The number of nitrogens with one attached hydrogen (secondary N) is 1. The summed E-state index contributed by atoms with van der Waals surface area (Å²) in [4.78, 5) is 0. The molecular weight excluding hydrogens is 298 g/mol. The molecule has 0 radical (unpaired) electrons. The van der Waals surface area contributed by atoms with Crippen LogP contribution in [0.3, 0.4) is 0 Å². The van der Waals surface area contributed by atoms with E-state index in [0.29, 0.717) is 12.1 Å². The monoisotopic (exact) mass is 317 g/mol. The van der Waals surface area contributed by atoms with E-state index in [-0.39, 0.29) is 0 Å². The van der Waals surface area contributed by atoms with Crippen LogP contribution in [0.4, 0.5) is 0 Å². The molecule has 0 heterocycles. The molecule has 17 heavy (non-hydrogen) atoms. The van der Waals surface area contributed by atoms with Crippen LogP contribution in [-0.4, -0.2) is 6.04 Å². The maximum Gasteiger partial charge on any atom is 0.0464 e. The quantitative estimate of drug-likeness (QED) is 0.747. The first-order valence-electron chi connectivity index (χ1n) is 6.25. The van der Waals surface area contributed by atoms with E-state index >= 15 is 0 Å². The van der Waals surface area contributed by atoms with E-state index in [0.717, 1.165) is 9.50 Å². The Bertz CT molecular complexity index is 354. The Labute approximate surface area is 118 Å². The summed E-state index contributed by atoms with van der Waals surface area (Å²) in [6, 6.07) is 6.89. The highest BCUT2D eigenvalue weighted by atomic mass is 79.9. The van der Waals surface area contributed by atoms with Crippen LogP contribution in [0.5, 0.6) is 0 Å². The van der Waals surface area contributed by atoms with E-state index in [1.165, 1.54) is 24.8 Å². The summed E-state index contributed by atoms with van der Waals surface area (Å²) in [6.07, 6.45) is 3.74. The van der Waals surface area contributed by atoms with Gasteiger partial charge in [-0.05, 0) is 38.0 Å². The fourth-order valence-corrected chi connectivity index (χ4v) is 2.80. The van der Waals surface area contributed by atoms with Gasteiger partial charge in [-0.2, -0.15) is 0 Å². The molecule has 1 N–H and O–H groups in total. The minimum Gasteiger partial charge on any atom is -0.308 e. The third-order valence-electron chi connectivity index (χ3n) is 2.95. The van der Waals surface area contributed by atoms with Crippen LogP contribution in [0.25, 0.3) is 0 Å². The standard InChI is InChI=1S/C14H21BrClN/c1-4-5-6-10(2)17-11(3)13-8-7-12(15)9-14(13)16/h7-11,17H,4-6H2,1-3H3. The van der Waals surface area contributed by atoms with Crippen molar-refractivity contribution in [2.75, 3.05) is 0 Å². The van der Waals surface area contributed by atoms with Gasteiger partial charge in [0.15, 0.2) is 0 Å². The van der Waals surface area contributed by atoms with Crippen molar-refractivity contribution >= 4 is 27.5 Å². The third kappa shape index (κ3) is 4.99. The molecule has 0 saturated heterocycles. The Hall–Kier alpha value is -0.0500. The summed E-state index contributed by atoms with van der Waals surface area (Å²) in [5.41, 5.74) is 1.17. The predicted octanol–water partition coefficient (Wildman–Crippen LogP) is 5.33. The van der Waals surface area contributed by atoms with Crippen molar-refractivity contribution in [3.8, 4) is 0 Å². The topological polar surface area (TPSA) is 12.0 Å². The Balaban J connectivity index is 2.60. The van der Waals surface area contributed by atoms with E-state index in [1.807, 2.05) is 12.1 Å². The number of halogens is 2. The molecule has 0 bridgehead atoms. The number of hydrogen-bond donors (Lipinski definition) is 1. The first-order valence-corrected chi connectivity index (χ1v) is 7.42. The molecule has 1 aromatic rings.